The fourth-order valence-electron chi connectivity index (χ4n) is 1.43. The Morgan fingerprint density at radius 1 is 1.56 bits per heavy atom. The first-order valence-electron chi connectivity index (χ1n) is 5.13. The molecule has 0 saturated carbocycles. The van der Waals surface area contributed by atoms with Gasteiger partial charge in [0.2, 0.25) is 0 Å². The second-order valence-corrected chi connectivity index (χ2v) is 3.84. The molecule has 1 N–H and O–H groups in total. The number of anilines is 1. The minimum atomic E-state index is -0.152. The number of allylic oxidation sites excluding steroid dienone is 1. The van der Waals surface area contributed by atoms with Gasteiger partial charge in [0.25, 0.3) is 0 Å². The number of hydrogen-bond acceptors (Lipinski definition) is 4. The Labute approximate surface area is 101 Å². The molecule has 0 aliphatic carbocycles. The van der Waals surface area contributed by atoms with Crippen LogP contribution in [-0.2, 0) is 6.61 Å². The number of aliphatic hydroxyl groups excluding tert-OH is 1. The van der Waals surface area contributed by atoms with Gasteiger partial charge in [-0.15, -0.1) is 6.58 Å². The third-order valence-electron chi connectivity index (χ3n) is 2.29. The van der Waals surface area contributed by atoms with E-state index in [4.69, 9.17) is 11.6 Å². The highest BCUT2D eigenvalue weighted by Gasteiger charge is 2.12. The smallest absolute Gasteiger partial charge is 0.140 e. The molecule has 5 heteroatoms. The minimum Gasteiger partial charge on any atom is -0.391 e. The van der Waals surface area contributed by atoms with Crippen LogP contribution in [0.5, 0.6) is 0 Å². The van der Waals surface area contributed by atoms with Gasteiger partial charge in [0, 0.05) is 13.6 Å². The van der Waals surface area contributed by atoms with E-state index in [1.807, 2.05) is 18.0 Å². The fourth-order valence-corrected chi connectivity index (χ4v) is 1.61. The van der Waals surface area contributed by atoms with E-state index in [0.717, 1.165) is 19.4 Å². The Hall–Kier alpha value is -1.13. The summed E-state index contributed by atoms with van der Waals surface area (Å²) >= 11 is 5.88. The fraction of sp³-hybridized carbons (Fsp3) is 0.455. The van der Waals surface area contributed by atoms with Gasteiger partial charge >= 0.3 is 0 Å². The Balaban J connectivity index is 2.77. The largest absolute Gasteiger partial charge is 0.391 e. The molecule has 0 amide bonds. The zero-order valence-electron chi connectivity index (χ0n) is 9.36. The molecule has 0 spiro atoms. The Kier molecular flexibility index (Phi) is 5.22. The maximum atomic E-state index is 9.21. The maximum absolute atomic E-state index is 9.21. The van der Waals surface area contributed by atoms with Crippen molar-refractivity contribution >= 4 is 17.4 Å². The number of hydrogen-bond donors (Lipinski definition) is 1. The van der Waals surface area contributed by atoms with E-state index in [2.05, 4.69) is 16.5 Å². The molecule has 16 heavy (non-hydrogen) atoms. The van der Waals surface area contributed by atoms with Gasteiger partial charge in [0.05, 0.1) is 12.2 Å². The molecule has 0 atom stereocenters. The summed E-state index contributed by atoms with van der Waals surface area (Å²) in [7, 11) is 1.92. The average molecular weight is 242 g/mol. The molecule has 0 bridgehead atoms. The Morgan fingerprint density at radius 3 is 2.94 bits per heavy atom. The van der Waals surface area contributed by atoms with Crippen molar-refractivity contribution in [2.45, 2.75) is 19.4 Å². The number of aliphatic hydroxyl groups is 1. The molecule has 0 radical (unpaired) electrons. The van der Waals surface area contributed by atoms with E-state index in [1.165, 1.54) is 6.33 Å². The molecular weight excluding hydrogens is 226 g/mol. The summed E-state index contributed by atoms with van der Waals surface area (Å²) in [5.41, 5.74) is 0.574. The van der Waals surface area contributed by atoms with E-state index in [9.17, 15) is 5.11 Å². The third kappa shape index (κ3) is 3.18. The van der Waals surface area contributed by atoms with Gasteiger partial charge in [0.1, 0.15) is 17.3 Å². The van der Waals surface area contributed by atoms with E-state index in [0.29, 0.717) is 16.5 Å². The van der Waals surface area contributed by atoms with Crippen LogP contribution in [0.4, 0.5) is 5.82 Å². The minimum absolute atomic E-state index is 0.152. The van der Waals surface area contributed by atoms with Crippen LogP contribution in [0.3, 0.4) is 0 Å². The van der Waals surface area contributed by atoms with Crippen molar-refractivity contribution in [3.63, 3.8) is 0 Å². The molecule has 4 nitrogen and oxygen atoms in total. The van der Waals surface area contributed by atoms with Crippen LogP contribution in [0.25, 0.3) is 0 Å². The molecule has 1 aromatic heterocycles. The molecule has 1 rings (SSSR count). The zero-order chi connectivity index (χ0) is 12.0. The molecule has 1 heterocycles. The van der Waals surface area contributed by atoms with Gasteiger partial charge in [-0.2, -0.15) is 0 Å². The van der Waals surface area contributed by atoms with Crippen molar-refractivity contribution in [1.29, 1.82) is 0 Å². The van der Waals surface area contributed by atoms with Gasteiger partial charge in [0.15, 0.2) is 0 Å². The van der Waals surface area contributed by atoms with Gasteiger partial charge in [-0.1, -0.05) is 17.7 Å². The van der Waals surface area contributed by atoms with Crippen LogP contribution in [-0.4, -0.2) is 28.7 Å². The number of aromatic nitrogens is 2. The van der Waals surface area contributed by atoms with Gasteiger partial charge in [-0.3, -0.25) is 0 Å². The Morgan fingerprint density at radius 2 is 2.31 bits per heavy atom. The van der Waals surface area contributed by atoms with E-state index >= 15 is 0 Å². The standard InChI is InChI=1S/C11H16ClN3O/c1-3-4-5-6-15(2)11-9(7-16)10(12)13-8-14-11/h3,8,16H,1,4-7H2,2H3. The summed E-state index contributed by atoms with van der Waals surface area (Å²) in [5, 5.41) is 9.52. The first-order chi connectivity index (χ1) is 7.70. The lowest BCUT2D eigenvalue weighted by atomic mass is 10.2. The zero-order valence-corrected chi connectivity index (χ0v) is 10.1. The first-order valence-corrected chi connectivity index (χ1v) is 5.50. The monoisotopic (exact) mass is 241 g/mol. The molecule has 88 valence electrons. The van der Waals surface area contributed by atoms with Gasteiger partial charge < -0.3 is 10.0 Å². The summed E-state index contributed by atoms with van der Waals surface area (Å²) in [6.45, 7) is 4.36. The van der Waals surface area contributed by atoms with Crippen LogP contribution in [0.15, 0.2) is 19.0 Å². The molecule has 0 saturated heterocycles. The summed E-state index contributed by atoms with van der Waals surface area (Å²) in [4.78, 5) is 9.94. The molecule has 0 unspecified atom stereocenters. The summed E-state index contributed by atoms with van der Waals surface area (Å²) in [6.07, 6.45) is 5.23. The molecule has 1 aromatic rings. The second kappa shape index (κ2) is 6.45. The number of rotatable bonds is 6. The van der Waals surface area contributed by atoms with Crippen LogP contribution >= 0.6 is 11.6 Å². The van der Waals surface area contributed by atoms with Gasteiger partial charge in [-0.25, -0.2) is 9.97 Å². The predicted octanol–water partition coefficient (Wildman–Crippen LogP) is 2.02. The molecule has 0 aliphatic rings. The first kappa shape index (κ1) is 12.9. The topological polar surface area (TPSA) is 49.2 Å². The van der Waals surface area contributed by atoms with Crippen molar-refractivity contribution in [2.75, 3.05) is 18.5 Å². The molecule has 0 fully saturated rings. The lowest BCUT2D eigenvalue weighted by molar-refractivity contribution is 0.281. The maximum Gasteiger partial charge on any atom is 0.140 e. The number of nitrogens with zero attached hydrogens (tertiary/aromatic N) is 3. The van der Waals surface area contributed by atoms with Crippen molar-refractivity contribution < 1.29 is 5.11 Å². The van der Waals surface area contributed by atoms with Crippen LogP contribution in [0.2, 0.25) is 5.15 Å². The van der Waals surface area contributed by atoms with E-state index in [-0.39, 0.29) is 6.61 Å². The van der Waals surface area contributed by atoms with Crippen LogP contribution in [0.1, 0.15) is 18.4 Å². The highest BCUT2D eigenvalue weighted by Crippen LogP contribution is 2.22. The van der Waals surface area contributed by atoms with Crippen molar-refractivity contribution in [3.8, 4) is 0 Å². The quantitative estimate of drug-likeness (QED) is 0.470. The lowest BCUT2D eigenvalue weighted by Gasteiger charge is -2.20. The summed E-state index contributed by atoms with van der Waals surface area (Å²) in [5.74, 6) is 0.687. The molecule has 0 aliphatic heterocycles. The predicted molar refractivity (Wildman–Crippen MR) is 65.7 cm³/mol. The normalized spacial score (nSPS) is 10.2. The van der Waals surface area contributed by atoms with Crippen molar-refractivity contribution in [2.24, 2.45) is 0 Å². The van der Waals surface area contributed by atoms with E-state index in [1.54, 1.807) is 0 Å². The van der Waals surface area contributed by atoms with Crippen molar-refractivity contribution in [3.05, 3.63) is 29.7 Å². The highest BCUT2D eigenvalue weighted by atomic mass is 35.5. The van der Waals surface area contributed by atoms with Crippen LogP contribution in [0, 0.1) is 0 Å². The van der Waals surface area contributed by atoms with Gasteiger partial charge in [-0.05, 0) is 12.8 Å². The number of unbranched alkanes of at least 4 members (excludes halogenated alkanes) is 1. The van der Waals surface area contributed by atoms with Crippen LogP contribution < -0.4 is 4.90 Å². The SMILES string of the molecule is C=CCCCN(C)c1ncnc(Cl)c1CO. The molecular formula is C11H16ClN3O. The Bertz CT molecular complexity index is 357. The molecule has 0 aromatic carbocycles. The summed E-state index contributed by atoms with van der Waals surface area (Å²) in [6, 6.07) is 0. The lowest BCUT2D eigenvalue weighted by Crippen LogP contribution is -2.21. The van der Waals surface area contributed by atoms with E-state index < -0.39 is 0 Å². The average Bonchev–Trinajstić information content (AvgIpc) is 2.29. The van der Waals surface area contributed by atoms with Crippen molar-refractivity contribution in [1.82, 2.24) is 9.97 Å². The highest BCUT2D eigenvalue weighted by molar-refractivity contribution is 6.30. The number of halogens is 1. The second-order valence-electron chi connectivity index (χ2n) is 3.48. The third-order valence-corrected chi connectivity index (χ3v) is 2.62. The summed E-state index contributed by atoms with van der Waals surface area (Å²) < 4.78 is 0.